The Morgan fingerprint density at radius 3 is 2.46 bits per heavy atom. The normalized spacial score (nSPS) is 16.1. The van der Waals surface area contributed by atoms with E-state index in [9.17, 15) is 4.79 Å². The third-order valence-electron chi connectivity index (χ3n) is 4.47. The number of carbonyl (C=O) groups excluding carboxylic acids is 1. The summed E-state index contributed by atoms with van der Waals surface area (Å²) >= 11 is 1.70. The van der Waals surface area contributed by atoms with Crippen molar-refractivity contribution in [3.63, 3.8) is 0 Å². The zero-order valence-electron chi connectivity index (χ0n) is 15.1. The molecular formula is C19H24N2O4S. The van der Waals surface area contributed by atoms with Gasteiger partial charge >= 0.3 is 0 Å². The molecule has 1 atom stereocenters. The molecule has 1 aliphatic heterocycles. The molecule has 26 heavy (non-hydrogen) atoms. The van der Waals surface area contributed by atoms with Crippen LogP contribution in [-0.4, -0.2) is 57.9 Å². The van der Waals surface area contributed by atoms with Crippen molar-refractivity contribution in [2.45, 2.75) is 6.04 Å². The Morgan fingerprint density at radius 2 is 1.88 bits per heavy atom. The van der Waals surface area contributed by atoms with Crippen molar-refractivity contribution in [1.82, 2.24) is 10.2 Å². The van der Waals surface area contributed by atoms with Crippen LogP contribution in [0.5, 0.6) is 11.5 Å². The molecule has 1 N–H and O–H groups in total. The largest absolute Gasteiger partial charge is 0.496 e. The zero-order chi connectivity index (χ0) is 18.4. The highest BCUT2D eigenvalue weighted by Gasteiger charge is 2.25. The molecule has 1 fully saturated rings. The van der Waals surface area contributed by atoms with Crippen molar-refractivity contribution in [3.05, 3.63) is 46.2 Å². The van der Waals surface area contributed by atoms with Crippen molar-refractivity contribution in [2.24, 2.45) is 0 Å². The van der Waals surface area contributed by atoms with Gasteiger partial charge < -0.3 is 19.5 Å². The summed E-state index contributed by atoms with van der Waals surface area (Å²) in [4.78, 5) is 16.4. The van der Waals surface area contributed by atoms with E-state index in [1.807, 2.05) is 6.07 Å². The molecule has 1 aromatic heterocycles. The highest BCUT2D eigenvalue weighted by molar-refractivity contribution is 7.10. The summed E-state index contributed by atoms with van der Waals surface area (Å²) in [6.45, 7) is 3.67. The van der Waals surface area contributed by atoms with Crippen LogP contribution in [0.1, 0.15) is 21.3 Å². The Hall–Kier alpha value is -2.09. The number of hydrogen-bond donors (Lipinski definition) is 1. The van der Waals surface area contributed by atoms with Crippen LogP contribution in [0.15, 0.2) is 35.7 Å². The van der Waals surface area contributed by atoms with Gasteiger partial charge in [-0.25, -0.2) is 0 Å². The maximum absolute atomic E-state index is 12.9. The topological polar surface area (TPSA) is 60.0 Å². The molecule has 3 rings (SSSR count). The molecule has 0 saturated carbocycles. The van der Waals surface area contributed by atoms with Gasteiger partial charge in [-0.05, 0) is 23.6 Å². The first kappa shape index (κ1) is 18.7. The summed E-state index contributed by atoms with van der Waals surface area (Å²) in [6, 6.07) is 9.60. The summed E-state index contributed by atoms with van der Waals surface area (Å²) in [6.07, 6.45) is 0. The number of methoxy groups -OCH3 is 2. The summed E-state index contributed by atoms with van der Waals surface area (Å²) in [5.74, 6) is 0.802. The van der Waals surface area contributed by atoms with Crippen LogP contribution in [0.3, 0.4) is 0 Å². The fourth-order valence-electron chi connectivity index (χ4n) is 3.13. The van der Waals surface area contributed by atoms with E-state index in [0.717, 1.165) is 26.3 Å². The molecule has 0 aliphatic carbocycles. The Labute approximate surface area is 157 Å². The number of rotatable bonds is 7. The van der Waals surface area contributed by atoms with Crippen molar-refractivity contribution in [3.8, 4) is 11.5 Å². The number of morpholine rings is 1. The van der Waals surface area contributed by atoms with E-state index < -0.39 is 0 Å². The summed E-state index contributed by atoms with van der Waals surface area (Å²) in [5.41, 5.74) is 0.421. The van der Waals surface area contributed by atoms with Gasteiger partial charge in [0.25, 0.3) is 5.91 Å². The predicted molar refractivity (Wildman–Crippen MR) is 101 cm³/mol. The third-order valence-corrected chi connectivity index (χ3v) is 5.44. The van der Waals surface area contributed by atoms with Crippen LogP contribution in [0, 0.1) is 0 Å². The van der Waals surface area contributed by atoms with Gasteiger partial charge in [0.1, 0.15) is 17.1 Å². The van der Waals surface area contributed by atoms with Gasteiger partial charge in [-0.2, -0.15) is 0 Å². The molecule has 7 heteroatoms. The SMILES string of the molecule is COc1cccc(OC)c1C(=O)NC[C@@H](c1cccs1)N1CCOCC1. The molecule has 2 heterocycles. The fraction of sp³-hybridized carbons (Fsp3) is 0.421. The molecule has 1 saturated heterocycles. The van der Waals surface area contributed by atoms with E-state index in [0.29, 0.717) is 23.6 Å². The zero-order valence-corrected chi connectivity index (χ0v) is 15.9. The van der Waals surface area contributed by atoms with E-state index in [1.165, 1.54) is 4.88 Å². The highest BCUT2D eigenvalue weighted by atomic mass is 32.1. The summed E-state index contributed by atoms with van der Waals surface area (Å²) in [5, 5.41) is 5.12. The molecule has 0 spiro atoms. The van der Waals surface area contributed by atoms with Gasteiger partial charge in [-0.15, -0.1) is 11.3 Å². The Bertz CT molecular complexity index is 692. The lowest BCUT2D eigenvalue weighted by Gasteiger charge is -2.34. The number of hydrogen-bond acceptors (Lipinski definition) is 6. The van der Waals surface area contributed by atoms with E-state index in [2.05, 4.69) is 21.7 Å². The quantitative estimate of drug-likeness (QED) is 0.805. The van der Waals surface area contributed by atoms with E-state index in [1.54, 1.807) is 43.8 Å². The molecule has 6 nitrogen and oxygen atoms in total. The van der Waals surface area contributed by atoms with E-state index in [-0.39, 0.29) is 11.9 Å². The van der Waals surface area contributed by atoms with Crippen LogP contribution in [0.2, 0.25) is 0 Å². The van der Waals surface area contributed by atoms with Crippen molar-refractivity contribution in [2.75, 3.05) is 47.1 Å². The first-order valence-electron chi connectivity index (χ1n) is 8.59. The molecule has 2 aromatic rings. The second-order valence-electron chi connectivity index (χ2n) is 5.93. The second kappa shape index (κ2) is 9.02. The number of ether oxygens (including phenoxy) is 3. The number of benzene rings is 1. The number of nitrogens with one attached hydrogen (secondary N) is 1. The first-order chi connectivity index (χ1) is 12.7. The Balaban J connectivity index is 1.76. The standard InChI is InChI=1S/C19H24N2O4S/c1-23-15-5-3-6-16(24-2)18(15)19(22)20-13-14(17-7-4-12-26-17)21-8-10-25-11-9-21/h3-7,12,14H,8-11,13H2,1-2H3,(H,20,22)/t14-/m0/s1. The van der Waals surface area contributed by atoms with Gasteiger partial charge in [-0.1, -0.05) is 12.1 Å². The Morgan fingerprint density at radius 1 is 1.19 bits per heavy atom. The van der Waals surface area contributed by atoms with Gasteiger partial charge in [-0.3, -0.25) is 9.69 Å². The molecule has 140 valence electrons. The molecule has 0 unspecified atom stereocenters. The average molecular weight is 376 g/mol. The lowest BCUT2D eigenvalue weighted by Crippen LogP contribution is -2.43. The van der Waals surface area contributed by atoms with Gasteiger partial charge in [0, 0.05) is 24.5 Å². The van der Waals surface area contributed by atoms with Gasteiger partial charge in [0.15, 0.2) is 0 Å². The summed E-state index contributed by atoms with van der Waals surface area (Å²) < 4.78 is 16.1. The van der Waals surface area contributed by atoms with Crippen LogP contribution in [0.25, 0.3) is 0 Å². The monoisotopic (exact) mass is 376 g/mol. The first-order valence-corrected chi connectivity index (χ1v) is 9.47. The minimum Gasteiger partial charge on any atom is -0.496 e. The lowest BCUT2D eigenvalue weighted by molar-refractivity contribution is 0.0169. The number of amides is 1. The molecule has 0 bridgehead atoms. The molecular weight excluding hydrogens is 352 g/mol. The molecule has 1 aromatic carbocycles. The minimum absolute atomic E-state index is 0.128. The van der Waals surface area contributed by atoms with Crippen molar-refractivity contribution < 1.29 is 19.0 Å². The number of thiophene rings is 1. The van der Waals surface area contributed by atoms with Crippen LogP contribution in [-0.2, 0) is 4.74 Å². The highest BCUT2D eigenvalue weighted by Crippen LogP contribution is 2.29. The maximum atomic E-state index is 12.9. The Kier molecular flexibility index (Phi) is 6.49. The summed E-state index contributed by atoms with van der Waals surface area (Å²) in [7, 11) is 3.10. The van der Waals surface area contributed by atoms with Crippen molar-refractivity contribution >= 4 is 17.2 Å². The number of nitrogens with zero attached hydrogens (tertiary/aromatic N) is 1. The maximum Gasteiger partial charge on any atom is 0.258 e. The minimum atomic E-state index is -0.200. The third kappa shape index (κ3) is 4.17. The van der Waals surface area contributed by atoms with Crippen LogP contribution in [0.4, 0.5) is 0 Å². The smallest absolute Gasteiger partial charge is 0.258 e. The van der Waals surface area contributed by atoms with E-state index >= 15 is 0 Å². The molecule has 1 aliphatic rings. The molecule has 0 radical (unpaired) electrons. The second-order valence-corrected chi connectivity index (χ2v) is 6.91. The van der Waals surface area contributed by atoms with Crippen LogP contribution < -0.4 is 14.8 Å². The average Bonchev–Trinajstić information content (AvgIpc) is 3.22. The van der Waals surface area contributed by atoms with Gasteiger partial charge in [0.05, 0.1) is 33.5 Å². The fourth-order valence-corrected chi connectivity index (χ4v) is 3.99. The van der Waals surface area contributed by atoms with Gasteiger partial charge in [0.2, 0.25) is 0 Å². The lowest BCUT2D eigenvalue weighted by atomic mass is 10.1. The van der Waals surface area contributed by atoms with Crippen LogP contribution >= 0.6 is 11.3 Å². The predicted octanol–water partition coefficient (Wildman–Crippen LogP) is 2.57. The van der Waals surface area contributed by atoms with E-state index in [4.69, 9.17) is 14.2 Å². The molecule has 1 amide bonds. The number of carbonyl (C=O) groups is 1. The van der Waals surface area contributed by atoms with Crippen molar-refractivity contribution in [1.29, 1.82) is 0 Å².